The van der Waals surface area contributed by atoms with Gasteiger partial charge in [0.25, 0.3) is 0 Å². The fraction of sp³-hybridized carbons (Fsp3) is 0.250. The van der Waals surface area contributed by atoms with Crippen LogP contribution in [-0.4, -0.2) is 16.3 Å². The number of aryl methyl sites for hydroxylation is 1. The Morgan fingerprint density at radius 3 is 2.47 bits per heavy atom. The Kier molecular flexibility index (Phi) is 6.39. The highest BCUT2D eigenvalue weighted by Crippen LogP contribution is 2.54. The highest BCUT2D eigenvalue weighted by molar-refractivity contribution is 5.89. The summed E-state index contributed by atoms with van der Waals surface area (Å²) >= 11 is 0. The molecular weight excluding hydrogens is 565 g/mol. The molecule has 226 valence electrons. The van der Waals surface area contributed by atoms with Crippen LogP contribution in [0, 0.1) is 5.92 Å². The summed E-state index contributed by atoms with van der Waals surface area (Å²) in [6.07, 6.45) is 16.0. The fourth-order valence-corrected chi connectivity index (χ4v) is 8.27. The molecule has 3 aromatic carbocycles. The monoisotopic (exact) mass is 600 g/mol. The minimum absolute atomic E-state index is 0.0667. The van der Waals surface area contributed by atoms with Gasteiger partial charge >= 0.3 is 6.18 Å². The Balaban J connectivity index is 1.14. The SMILES string of the molecule is CC1C=C(C(c2ccc(N3c4ccccc4C4C=CC=CC43C)cc2)C(F)(F)F)C=CC1n1c2c(c3ccccc31)CCC=C2. The third kappa shape index (κ3) is 4.31. The lowest BCUT2D eigenvalue weighted by Crippen LogP contribution is -2.41. The Morgan fingerprint density at radius 2 is 1.67 bits per heavy atom. The van der Waals surface area contributed by atoms with Crippen LogP contribution < -0.4 is 4.90 Å². The molecule has 0 saturated heterocycles. The van der Waals surface area contributed by atoms with Crippen molar-refractivity contribution in [1.82, 2.24) is 4.57 Å². The number of halogens is 3. The molecule has 5 unspecified atom stereocenters. The first-order valence-electron chi connectivity index (χ1n) is 15.9. The van der Waals surface area contributed by atoms with Crippen molar-refractivity contribution in [2.45, 2.75) is 56.3 Å². The van der Waals surface area contributed by atoms with Gasteiger partial charge in [-0.3, -0.25) is 0 Å². The van der Waals surface area contributed by atoms with E-state index in [9.17, 15) is 13.2 Å². The van der Waals surface area contributed by atoms with Crippen molar-refractivity contribution in [2.75, 3.05) is 4.90 Å². The number of rotatable bonds is 4. The van der Waals surface area contributed by atoms with Gasteiger partial charge in [-0.15, -0.1) is 0 Å². The number of benzene rings is 3. The summed E-state index contributed by atoms with van der Waals surface area (Å²) < 4.78 is 47.0. The van der Waals surface area contributed by atoms with Crippen molar-refractivity contribution < 1.29 is 13.2 Å². The van der Waals surface area contributed by atoms with Gasteiger partial charge in [0.1, 0.15) is 5.92 Å². The number of anilines is 2. The smallest absolute Gasteiger partial charge is 0.333 e. The Hall–Kier alpha value is -4.51. The maximum Gasteiger partial charge on any atom is 0.399 e. The number of para-hydroxylation sites is 2. The molecule has 0 N–H and O–H groups in total. The second-order valence-electron chi connectivity index (χ2n) is 13.0. The van der Waals surface area contributed by atoms with Gasteiger partial charge in [0.05, 0.1) is 11.6 Å². The molecule has 45 heavy (non-hydrogen) atoms. The molecule has 2 heterocycles. The first-order chi connectivity index (χ1) is 21.8. The average molecular weight is 601 g/mol. The van der Waals surface area contributed by atoms with Crippen molar-refractivity contribution in [3.8, 4) is 0 Å². The molecular formula is C40H35F3N2. The van der Waals surface area contributed by atoms with Crippen LogP contribution in [0.1, 0.15) is 60.5 Å². The lowest BCUT2D eigenvalue weighted by Gasteiger charge is -2.39. The molecule has 0 amide bonds. The van der Waals surface area contributed by atoms with Crippen molar-refractivity contribution >= 4 is 28.4 Å². The standard InChI is InChI=1S/C40H35F3N2/c1-26-25-28(20-23-34(26)44-35-15-6-3-11-30(35)31-12-4-7-16-36(31)44)38(40(41,42)43)27-18-21-29(22-19-27)45-37-17-8-5-13-32(37)33-14-9-10-24-39(33,45)2/h3,5-11,13-26,33-34,38H,4,12H2,1-2H3. The van der Waals surface area contributed by atoms with Crippen LogP contribution in [0.2, 0.25) is 0 Å². The second kappa shape index (κ2) is 10.3. The zero-order chi connectivity index (χ0) is 30.9. The number of hydrogen-bond donors (Lipinski definition) is 0. The zero-order valence-electron chi connectivity index (χ0n) is 25.4. The molecule has 0 radical (unpaired) electrons. The molecule has 5 heteroatoms. The molecule has 0 saturated carbocycles. The van der Waals surface area contributed by atoms with Gasteiger partial charge < -0.3 is 9.47 Å². The minimum atomic E-state index is -4.43. The molecule has 0 spiro atoms. The maximum absolute atomic E-state index is 14.9. The van der Waals surface area contributed by atoms with E-state index < -0.39 is 12.1 Å². The van der Waals surface area contributed by atoms with E-state index in [0.717, 1.165) is 29.7 Å². The molecule has 0 bridgehead atoms. The number of nitrogens with zero attached hydrogens (tertiary/aromatic N) is 2. The Labute approximate surface area is 262 Å². The van der Waals surface area contributed by atoms with Crippen LogP contribution in [0.3, 0.4) is 0 Å². The van der Waals surface area contributed by atoms with Gasteiger partial charge in [0, 0.05) is 33.9 Å². The van der Waals surface area contributed by atoms with E-state index >= 15 is 0 Å². The molecule has 4 aliphatic rings. The number of hydrogen-bond acceptors (Lipinski definition) is 1. The lowest BCUT2D eigenvalue weighted by molar-refractivity contribution is -0.141. The van der Waals surface area contributed by atoms with Crippen molar-refractivity contribution in [1.29, 1.82) is 0 Å². The van der Waals surface area contributed by atoms with E-state index in [2.05, 4.69) is 83.2 Å². The van der Waals surface area contributed by atoms with E-state index in [1.165, 1.54) is 22.2 Å². The third-order valence-corrected chi connectivity index (χ3v) is 10.3. The number of allylic oxidation sites excluding steroid dienone is 7. The Bertz CT molecular complexity index is 1950. The second-order valence-corrected chi connectivity index (χ2v) is 13.0. The van der Waals surface area contributed by atoms with Crippen LogP contribution in [0.15, 0.2) is 127 Å². The number of aromatic nitrogens is 1. The van der Waals surface area contributed by atoms with Gasteiger partial charge in [0.15, 0.2) is 0 Å². The first kappa shape index (κ1) is 28.0. The summed E-state index contributed by atoms with van der Waals surface area (Å²) in [6, 6.07) is 23.7. The first-order valence-corrected chi connectivity index (χ1v) is 15.9. The molecule has 0 fully saturated rings. The normalized spacial score (nSPS) is 25.7. The summed E-state index contributed by atoms with van der Waals surface area (Å²) in [4.78, 5) is 2.27. The van der Waals surface area contributed by atoms with Crippen LogP contribution in [-0.2, 0) is 6.42 Å². The largest absolute Gasteiger partial charge is 0.399 e. The molecule has 5 atom stereocenters. The van der Waals surface area contributed by atoms with Gasteiger partial charge in [0.2, 0.25) is 0 Å². The van der Waals surface area contributed by atoms with E-state index in [0.29, 0.717) is 5.57 Å². The van der Waals surface area contributed by atoms with Crippen LogP contribution >= 0.6 is 0 Å². The van der Waals surface area contributed by atoms with Crippen molar-refractivity contribution in [3.63, 3.8) is 0 Å². The van der Waals surface area contributed by atoms with Crippen molar-refractivity contribution in [3.05, 3.63) is 149 Å². The molecule has 1 aliphatic heterocycles. The summed E-state index contributed by atoms with van der Waals surface area (Å²) in [6.45, 7) is 4.23. The van der Waals surface area contributed by atoms with Gasteiger partial charge in [-0.25, -0.2) is 0 Å². The van der Waals surface area contributed by atoms with Crippen LogP contribution in [0.4, 0.5) is 24.5 Å². The predicted molar refractivity (Wildman–Crippen MR) is 178 cm³/mol. The third-order valence-electron chi connectivity index (χ3n) is 10.3. The van der Waals surface area contributed by atoms with E-state index in [1.54, 1.807) is 18.2 Å². The van der Waals surface area contributed by atoms with Gasteiger partial charge in [-0.05, 0) is 78.3 Å². The maximum atomic E-state index is 14.9. The Morgan fingerprint density at radius 1 is 0.889 bits per heavy atom. The molecule has 2 nitrogen and oxygen atoms in total. The van der Waals surface area contributed by atoms with Crippen molar-refractivity contribution in [2.24, 2.45) is 5.92 Å². The highest BCUT2D eigenvalue weighted by Gasteiger charge is 2.47. The average Bonchev–Trinajstić information content (AvgIpc) is 3.50. The van der Waals surface area contributed by atoms with Gasteiger partial charge in [-0.1, -0.05) is 104 Å². The lowest BCUT2D eigenvalue weighted by atomic mass is 9.80. The predicted octanol–water partition coefficient (Wildman–Crippen LogP) is 10.7. The van der Waals surface area contributed by atoms with Crippen LogP contribution in [0.5, 0.6) is 0 Å². The van der Waals surface area contributed by atoms with E-state index in [1.807, 2.05) is 49.4 Å². The summed E-state index contributed by atoms with van der Waals surface area (Å²) in [5.74, 6) is -1.65. The van der Waals surface area contributed by atoms with E-state index in [-0.39, 0.29) is 29.0 Å². The van der Waals surface area contributed by atoms with Gasteiger partial charge in [-0.2, -0.15) is 13.2 Å². The summed E-state index contributed by atoms with van der Waals surface area (Å²) in [7, 11) is 0. The highest BCUT2D eigenvalue weighted by atomic mass is 19.4. The van der Waals surface area contributed by atoms with Crippen LogP contribution in [0.25, 0.3) is 17.0 Å². The minimum Gasteiger partial charge on any atom is -0.333 e. The number of fused-ring (bicyclic) bond motifs is 6. The molecule has 1 aromatic heterocycles. The summed E-state index contributed by atoms with van der Waals surface area (Å²) in [5, 5.41) is 1.24. The number of alkyl halides is 3. The molecule has 4 aromatic rings. The summed E-state index contributed by atoms with van der Waals surface area (Å²) in [5.41, 5.74) is 7.07. The quantitative estimate of drug-likeness (QED) is 0.226. The zero-order valence-corrected chi connectivity index (χ0v) is 25.4. The fourth-order valence-electron chi connectivity index (χ4n) is 8.27. The molecule has 3 aliphatic carbocycles. The van der Waals surface area contributed by atoms with E-state index in [4.69, 9.17) is 0 Å². The topological polar surface area (TPSA) is 8.17 Å². The molecule has 8 rings (SSSR count).